The van der Waals surface area contributed by atoms with Crippen LogP contribution in [0.1, 0.15) is 17.3 Å². The molecule has 5 heteroatoms. The molecule has 0 unspecified atom stereocenters. The molecule has 0 saturated heterocycles. The molecule has 0 atom stereocenters. The van der Waals surface area contributed by atoms with Crippen molar-refractivity contribution in [3.63, 3.8) is 0 Å². The number of hydrogen-bond donors (Lipinski definition) is 3. The molecule has 1 amide bonds. The first kappa shape index (κ1) is 14.6. The van der Waals surface area contributed by atoms with E-state index in [1.165, 1.54) is 0 Å². The Morgan fingerprint density at radius 1 is 1.25 bits per heavy atom. The van der Waals surface area contributed by atoms with Crippen molar-refractivity contribution in [1.82, 2.24) is 5.32 Å². The monoisotopic (exact) mass is 381 g/mol. The molecule has 0 bridgehead atoms. The fourth-order valence-corrected chi connectivity index (χ4v) is 2.35. The maximum absolute atomic E-state index is 11.7. The molecule has 2 rings (SSSR count). The first-order valence-corrected chi connectivity index (χ1v) is 7.38. The van der Waals surface area contributed by atoms with Crippen molar-refractivity contribution >= 4 is 45.6 Å². The Hall–Kier alpha value is -1.76. The van der Waals surface area contributed by atoms with Crippen LogP contribution in [0.4, 0.5) is 17.1 Å². The Morgan fingerprint density at radius 3 is 2.70 bits per heavy atom. The average molecular weight is 381 g/mol. The van der Waals surface area contributed by atoms with Crippen molar-refractivity contribution in [2.24, 2.45) is 0 Å². The first-order chi connectivity index (χ1) is 9.60. The topological polar surface area (TPSA) is 67.2 Å². The number of rotatable bonds is 4. The zero-order valence-electron chi connectivity index (χ0n) is 11.1. The number of carbonyl (C=O) groups is 1. The molecule has 4 N–H and O–H groups in total. The van der Waals surface area contributed by atoms with Gasteiger partial charge in [0.2, 0.25) is 0 Å². The zero-order valence-corrected chi connectivity index (χ0v) is 13.3. The van der Waals surface area contributed by atoms with E-state index >= 15 is 0 Å². The highest BCUT2D eigenvalue weighted by Crippen LogP contribution is 2.25. The smallest absolute Gasteiger partial charge is 0.251 e. The molecule has 0 radical (unpaired) electrons. The van der Waals surface area contributed by atoms with E-state index < -0.39 is 0 Å². The van der Waals surface area contributed by atoms with Gasteiger partial charge in [-0.05, 0) is 65.9 Å². The van der Waals surface area contributed by atoms with Gasteiger partial charge in [0, 0.05) is 21.4 Å². The number of halogens is 1. The number of benzene rings is 2. The van der Waals surface area contributed by atoms with Crippen LogP contribution in [-0.4, -0.2) is 12.5 Å². The summed E-state index contributed by atoms with van der Waals surface area (Å²) in [5.74, 6) is -0.111. The van der Waals surface area contributed by atoms with Gasteiger partial charge in [-0.25, -0.2) is 0 Å². The molecule has 104 valence electrons. The second-order valence-corrected chi connectivity index (χ2v) is 5.54. The lowest BCUT2D eigenvalue weighted by atomic mass is 10.1. The lowest BCUT2D eigenvalue weighted by Crippen LogP contribution is -2.22. The van der Waals surface area contributed by atoms with Gasteiger partial charge in [-0.1, -0.05) is 6.07 Å². The second-order valence-electron chi connectivity index (χ2n) is 4.30. The molecule has 0 fully saturated rings. The van der Waals surface area contributed by atoms with Gasteiger partial charge in [0.1, 0.15) is 0 Å². The lowest BCUT2D eigenvalue weighted by molar-refractivity contribution is 0.0956. The van der Waals surface area contributed by atoms with Crippen LogP contribution in [0.25, 0.3) is 0 Å². The van der Waals surface area contributed by atoms with E-state index in [-0.39, 0.29) is 5.91 Å². The van der Waals surface area contributed by atoms with E-state index in [1.54, 1.807) is 12.1 Å². The maximum atomic E-state index is 11.7. The summed E-state index contributed by atoms with van der Waals surface area (Å²) in [5.41, 5.74) is 8.87. The van der Waals surface area contributed by atoms with Gasteiger partial charge in [0.15, 0.2) is 0 Å². The van der Waals surface area contributed by atoms with E-state index in [1.807, 2.05) is 37.3 Å². The highest BCUT2D eigenvalue weighted by Gasteiger charge is 2.07. The standard InChI is InChI=1S/C15H16IN3O/c1-2-18-15(20)10-6-7-14(13(17)8-10)19-12-5-3-4-11(16)9-12/h3-9,19H,2,17H2,1H3,(H,18,20). The molecule has 0 aliphatic carbocycles. The van der Waals surface area contributed by atoms with Gasteiger partial charge >= 0.3 is 0 Å². The number of nitrogen functional groups attached to an aromatic ring is 1. The van der Waals surface area contributed by atoms with Crippen LogP contribution in [0.3, 0.4) is 0 Å². The summed E-state index contributed by atoms with van der Waals surface area (Å²) in [6.07, 6.45) is 0. The summed E-state index contributed by atoms with van der Waals surface area (Å²) in [6.45, 7) is 2.48. The van der Waals surface area contributed by atoms with Crippen molar-refractivity contribution in [3.8, 4) is 0 Å². The predicted molar refractivity (Wildman–Crippen MR) is 91.3 cm³/mol. The summed E-state index contributed by atoms with van der Waals surface area (Å²) in [5, 5.41) is 6.00. The number of anilines is 3. The van der Waals surface area contributed by atoms with Crippen molar-refractivity contribution in [1.29, 1.82) is 0 Å². The van der Waals surface area contributed by atoms with E-state index in [0.29, 0.717) is 17.8 Å². The molecule has 0 aromatic heterocycles. The van der Waals surface area contributed by atoms with Crippen molar-refractivity contribution < 1.29 is 4.79 Å². The van der Waals surface area contributed by atoms with Gasteiger partial charge < -0.3 is 16.4 Å². The van der Waals surface area contributed by atoms with Gasteiger partial charge in [0.25, 0.3) is 5.91 Å². The minimum Gasteiger partial charge on any atom is -0.397 e. The van der Waals surface area contributed by atoms with Crippen molar-refractivity contribution in [2.75, 3.05) is 17.6 Å². The third-order valence-electron chi connectivity index (χ3n) is 2.75. The van der Waals surface area contributed by atoms with Crippen LogP contribution < -0.4 is 16.4 Å². The van der Waals surface area contributed by atoms with Crippen LogP contribution in [0.5, 0.6) is 0 Å². The number of nitrogens with two attached hydrogens (primary N) is 1. The Labute approximate surface area is 131 Å². The highest BCUT2D eigenvalue weighted by molar-refractivity contribution is 14.1. The molecule has 2 aromatic rings. The van der Waals surface area contributed by atoms with Crippen LogP contribution in [0.15, 0.2) is 42.5 Å². The molecule has 0 aliphatic rings. The molecule has 20 heavy (non-hydrogen) atoms. The Morgan fingerprint density at radius 2 is 2.05 bits per heavy atom. The minimum absolute atomic E-state index is 0.111. The third-order valence-corrected chi connectivity index (χ3v) is 3.43. The molecular formula is C15H16IN3O. The van der Waals surface area contributed by atoms with E-state index in [9.17, 15) is 4.79 Å². The van der Waals surface area contributed by atoms with Crippen molar-refractivity contribution in [3.05, 3.63) is 51.6 Å². The van der Waals surface area contributed by atoms with Crippen LogP contribution in [0, 0.1) is 3.57 Å². The Balaban J connectivity index is 2.20. The SMILES string of the molecule is CCNC(=O)c1ccc(Nc2cccc(I)c2)c(N)c1. The van der Waals surface area contributed by atoms with E-state index in [4.69, 9.17) is 5.73 Å². The fraction of sp³-hybridized carbons (Fsp3) is 0.133. The fourth-order valence-electron chi connectivity index (χ4n) is 1.80. The van der Waals surface area contributed by atoms with Gasteiger partial charge in [0.05, 0.1) is 11.4 Å². The quantitative estimate of drug-likeness (QED) is 0.562. The molecule has 0 saturated carbocycles. The summed E-state index contributed by atoms with van der Waals surface area (Å²) in [7, 11) is 0. The molecule has 2 aromatic carbocycles. The maximum Gasteiger partial charge on any atom is 0.251 e. The third kappa shape index (κ3) is 3.63. The minimum atomic E-state index is -0.111. The predicted octanol–water partition coefficient (Wildman–Crippen LogP) is 3.37. The number of hydrogen-bond acceptors (Lipinski definition) is 3. The average Bonchev–Trinajstić information content (AvgIpc) is 2.41. The molecule has 0 aliphatic heterocycles. The largest absolute Gasteiger partial charge is 0.397 e. The van der Waals surface area contributed by atoms with Crippen LogP contribution in [0.2, 0.25) is 0 Å². The van der Waals surface area contributed by atoms with Crippen LogP contribution in [-0.2, 0) is 0 Å². The molecule has 0 spiro atoms. The second kappa shape index (κ2) is 6.60. The van der Waals surface area contributed by atoms with Gasteiger partial charge in [-0.3, -0.25) is 4.79 Å². The number of amides is 1. The highest BCUT2D eigenvalue weighted by atomic mass is 127. The first-order valence-electron chi connectivity index (χ1n) is 6.30. The Bertz CT molecular complexity index is 628. The zero-order chi connectivity index (χ0) is 14.5. The van der Waals surface area contributed by atoms with Gasteiger partial charge in [-0.15, -0.1) is 0 Å². The lowest BCUT2D eigenvalue weighted by Gasteiger charge is -2.11. The molecule has 4 nitrogen and oxygen atoms in total. The molecular weight excluding hydrogens is 365 g/mol. The summed E-state index contributed by atoms with van der Waals surface area (Å²) in [4.78, 5) is 11.7. The number of carbonyl (C=O) groups excluding carboxylic acids is 1. The Kier molecular flexibility index (Phi) is 4.84. The molecule has 0 heterocycles. The number of nitrogens with one attached hydrogen (secondary N) is 2. The summed E-state index contributed by atoms with van der Waals surface area (Å²) < 4.78 is 1.14. The van der Waals surface area contributed by atoms with E-state index in [0.717, 1.165) is 14.9 Å². The normalized spacial score (nSPS) is 10.1. The summed E-state index contributed by atoms with van der Waals surface area (Å²) >= 11 is 2.26. The van der Waals surface area contributed by atoms with Crippen LogP contribution >= 0.6 is 22.6 Å². The summed E-state index contributed by atoms with van der Waals surface area (Å²) in [6, 6.07) is 13.3. The van der Waals surface area contributed by atoms with Gasteiger partial charge in [-0.2, -0.15) is 0 Å². The van der Waals surface area contributed by atoms with E-state index in [2.05, 4.69) is 33.2 Å². The van der Waals surface area contributed by atoms with Crippen molar-refractivity contribution in [2.45, 2.75) is 6.92 Å².